The van der Waals surface area contributed by atoms with Gasteiger partial charge in [0.15, 0.2) is 0 Å². The van der Waals surface area contributed by atoms with E-state index in [9.17, 15) is 9.18 Å². The second kappa shape index (κ2) is 5.46. The zero-order valence-corrected chi connectivity index (χ0v) is 11.1. The van der Waals surface area contributed by atoms with E-state index in [0.717, 1.165) is 10.9 Å². The van der Waals surface area contributed by atoms with Gasteiger partial charge in [-0.15, -0.1) is 11.3 Å². The highest BCUT2D eigenvalue weighted by atomic mass is 35.5. The topological polar surface area (TPSA) is 33.2 Å². The minimum atomic E-state index is -0.659. The van der Waals surface area contributed by atoms with Gasteiger partial charge in [0, 0.05) is 29.8 Å². The van der Waals surface area contributed by atoms with Gasteiger partial charge in [-0.3, -0.25) is 4.79 Å². The predicted molar refractivity (Wildman–Crippen MR) is 69.3 cm³/mol. The lowest BCUT2D eigenvalue weighted by molar-refractivity contribution is 0.0785. The Labute approximate surface area is 113 Å². The monoisotopic (exact) mass is 284 g/mol. The third-order valence-corrected chi connectivity index (χ3v) is 3.56. The average molecular weight is 285 g/mol. The maximum absolute atomic E-state index is 12.9. The zero-order valence-electron chi connectivity index (χ0n) is 9.56. The normalized spacial score (nSPS) is 10.4. The second-order valence-electron chi connectivity index (χ2n) is 3.73. The van der Waals surface area contributed by atoms with Crippen molar-refractivity contribution < 1.29 is 9.18 Å². The number of thiophene rings is 1. The summed E-state index contributed by atoms with van der Waals surface area (Å²) in [6.07, 6.45) is 1.28. The predicted octanol–water partition coefficient (Wildman–Crippen LogP) is 3.21. The summed E-state index contributed by atoms with van der Waals surface area (Å²) in [5.74, 6) is -0.908. The molecule has 0 N–H and O–H groups in total. The van der Waals surface area contributed by atoms with Crippen molar-refractivity contribution in [3.8, 4) is 0 Å². The molecule has 2 aromatic heterocycles. The van der Waals surface area contributed by atoms with Crippen LogP contribution in [0.4, 0.5) is 4.39 Å². The summed E-state index contributed by atoms with van der Waals surface area (Å²) in [6.45, 7) is 0.445. The number of hydrogen-bond donors (Lipinski definition) is 0. The molecule has 0 atom stereocenters. The van der Waals surface area contributed by atoms with Crippen LogP contribution in [0.15, 0.2) is 30.5 Å². The lowest BCUT2D eigenvalue weighted by Gasteiger charge is -2.16. The lowest BCUT2D eigenvalue weighted by Crippen LogP contribution is -2.25. The van der Waals surface area contributed by atoms with Gasteiger partial charge >= 0.3 is 0 Å². The van der Waals surface area contributed by atoms with Gasteiger partial charge < -0.3 is 4.90 Å². The van der Waals surface area contributed by atoms with Crippen LogP contribution in [0.1, 0.15) is 15.2 Å². The maximum atomic E-state index is 12.9. The van der Waals surface area contributed by atoms with Crippen molar-refractivity contribution in [3.05, 3.63) is 51.2 Å². The first-order valence-electron chi connectivity index (χ1n) is 5.17. The number of nitrogens with zero attached hydrogens (tertiary/aromatic N) is 2. The number of aromatic nitrogens is 1. The van der Waals surface area contributed by atoms with Crippen LogP contribution in [0.5, 0.6) is 0 Å². The van der Waals surface area contributed by atoms with Crippen LogP contribution >= 0.6 is 22.9 Å². The number of hydrogen-bond acceptors (Lipinski definition) is 3. The van der Waals surface area contributed by atoms with Crippen LogP contribution in [0.3, 0.4) is 0 Å². The van der Waals surface area contributed by atoms with Crippen molar-refractivity contribution in [1.82, 2.24) is 9.88 Å². The highest BCUT2D eigenvalue weighted by Gasteiger charge is 2.13. The SMILES string of the molecule is CN(Cc1ccc(Cl)s1)C(=O)c1ccnc(F)c1. The molecule has 0 aliphatic heterocycles. The average Bonchev–Trinajstić information content (AvgIpc) is 2.73. The molecule has 0 fully saturated rings. The number of carbonyl (C=O) groups excluding carboxylic acids is 1. The van der Waals surface area contributed by atoms with E-state index < -0.39 is 5.95 Å². The van der Waals surface area contributed by atoms with Gasteiger partial charge in [0.25, 0.3) is 5.91 Å². The largest absolute Gasteiger partial charge is 0.337 e. The van der Waals surface area contributed by atoms with Crippen LogP contribution < -0.4 is 0 Å². The number of rotatable bonds is 3. The van der Waals surface area contributed by atoms with Gasteiger partial charge in [0.05, 0.1) is 10.9 Å². The molecule has 0 radical (unpaired) electrons. The highest BCUT2D eigenvalue weighted by molar-refractivity contribution is 7.16. The Morgan fingerprint density at radius 2 is 2.28 bits per heavy atom. The Morgan fingerprint density at radius 1 is 1.50 bits per heavy atom. The van der Waals surface area contributed by atoms with Crippen molar-refractivity contribution in [3.63, 3.8) is 0 Å². The van der Waals surface area contributed by atoms with E-state index in [0.29, 0.717) is 10.9 Å². The standard InChI is InChI=1S/C12H10ClFN2OS/c1-16(7-9-2-3-10(13)18-9)12(17)8-4-5-15-11(14)6-8/h2-6H,7H2,1H3. The van der Waals surface area contributed by atoms with E-state index >= 15 is 0 Å². The molecule has 0 unspecified atom stereocenters. The fourth-order valence-electron chi connectivity index (χ4n) is 1.50. The van der Waals surface area contributed by atoms with Crippen molar-refractivity contribution in [2.24, 2.45) is 0 Å². The van der Waals surface area contributed by atoms with Crippen LogP contribution in [-0.4, -0.2) is 22.8 Å². The molecule has 94 valence electrons. The number of halogens is 2. The summed E-state index contributed by atoms with van der Waals surface area (Å²) in [5, 5.41) is 0. The molecular weight excluding hydrogens is 275 g/mol. The fourth-order valence-corrected chi connectivity index (χ4v) is 2.64. The summed E-state index contributed by atoms with van der Waals surface area (Å²) in [5.41, 5.74) is 0.285. The van der Waals surface area contributed by atoms with Gasteiger partial charge in [0.1, 0.15) is 0 Å². The van der Waals surface area contributed by atoms with Crippen molar-refractivity contribution in [2.75, 3.05) is 7.05 Å². The van der Waals surface area contributed by atoms with Crippen molar-refractivity contribution >= 4 is 28.8 Å². The fraction of sp³-hybridized carbons (Fsp3) is 0.167. The minimum absolute atomic E-state index is 0.249. The molecule has 0 saturated heterocycles. The van der Waals surface area contributed by atoms with Crippen LogP contribution in [0, 0.1) is 5.95 Å². The summed E-state index contributed by atoms with van der Waals surface area (Å²) in [7, 11) is 1.66. The molecule has 6 heteroatoms. The number of amides is 1. The van der Waals surface area contributed by atoms with Crippen LogP contribution in [0.25, 0.3) is 0 Å². The van der Waals surface area contributed by atoms with E-state index in [4.69, 9.17) is 11.6 Å². The first-order valence-corrected chi connectivity index (χ1v) is 6.37. The molecule has 0 saturated carbocycles. The molecule has 0 aromatic carbocycles. The first-order chi connectivity index (χ1) is 8.56. The smallest absolute Gasteiger partial charge is 0.254 e. The molecule has 0 bridgehead atoms. The van der Waals surface area contributed by atoms with Gasteiger partial charge in [-0.25, -0.2) is 4.98 Å². The van der Waals surface area contributed by atoms with E-state index in [1.54, 1.807) is 13.1 Å². The molecular formula is C12H10ClFN2OS. The Balaban J connectivity index is 2.09. The zero-order chi connectivity index (χ0) is 13.1. The van der Waals surface area contributed by atoms with E-state index in [2.05, 4.69) is 4.98 Å². The first kappa shape index (κ1) is 13.0. The summed E-state index contributed by atoms with van der Waals surface area (Å²) < 4.78 is 13.6. The van der Waals surface area contributed by atoms with E-state index in [1.165, 1.54) is 28.5 Å². The van der Waals surface area contributed by atoms with Gasteiger partial charge in [-0.05, 0) is 18.2 Å². The van der Waals surface area contributed by atoms with E-state index in [-0.39, 0.29) is 11.5 Å². The third kappa shape index (κ3) is 3.05. The number of pyridine rings is 1. The molecule has 3 nitrogen and oxygen atoms in total. The molecule has 0 spiro atoms. The summed E-state index contributed by atoms with van der Waals surface area (Å²) in [4.78, 5) is 17.9. The molecule has 18 heavy (non-hydrogen) atoms. The quantitative estimate of drug-likeness (QED) is 0.811. The molecule has 2 aromatic rings. The summed E-state index contributed by atoms with van der Waals surface area (Å²) in [6, 6.07) is 6.26. The van der Waals surface area contributed by atoms with Crippen LogP contribution in [-0.2, 0) is 6.54 Å². The van der Waals surface area contributed by atoms with Gasteiger partial charge in [-0.1, -0.05) is 11.6 Å². The van der Waals surface area contributed by atoms with Crippen LogP contribution in [0.2, 0.25) is 4.34 Å². The second-order valence-corrected chi connectivity index (χ2v) is 5.53. The maximum Gasteiger partial charge on any atom is 0.254 e. The Kier molecular flexibility index (Phi) is 3.93. The minimum Gasteiger partial charge on any atom is -0.337 e. The van der Waals surface area contributed by atoms with Crippen molar-refractivity contribution in [1.29, 1.82) is 0 Å². The summed E-state index contributed by atoms with van der Waals surface area (Å²) >= 11 is 7.24. The van der Waals surface area contributed by atoms with Crippen molar-refractivity contribution in [2.45, 2.75) is 6.54 Å². The lowest BCUT2D eigenvalue weighted by atomic mass is 10.2. The highest BCUT2D eigenvalue weighted by Crippen LogP contribution is 2.22. The van der Waals surface area contributed by atoms with Gasteiger partial charge in [0.2, 0.25) is 5.95 Å². The Hall–Kier alpha value is -1.46. The molecule has 2 heterocycles. The Bertz CT molecular complexity index is 573. The van der Waals surface area contributed by atoms with Gasteiger partial charge in [-0.2, -0.15) is 4.39 Å². The Morgan fingerprint density at radius 3 is 2.89 bits per heavy atom. The molecule has 1 amide bonds. The third-order valence-electron chi connectivity index (χ3n) is 2.34. The molecule has 0 aliphatic rings. The van der Waals surface area contributed by atoms with E-state index in [1.807, 2.05) is 6.07 Å². The molecule has 2 rings (SSSR count). The molecule has 0 aliphatic carbocycles. The number of carbonyl (C=O) groups is 1.